The zero-order valence-corrected chi connectivity index (χ0v) is 17.8. The van der Waals surface area contributed by atoms with E-state index in [-0.39, 0.29) is 0 Å². The smallest absolute Gasteiger partial charge is 0.134 e. The Bertz CT molecular complexity index is 1430. The number of rotatable bonds is 3. The zero-order chi connectivity index (χ0) is 21.5. The van der Waals surface area contributed by atoms with Crippen LogP contribution in [0.5, 0.6) is 11.5 Å². The Morgan fingerprint density at radius 2 is 1.25 bits per heavy atom. The number of benzene rings is 5. The van der Waals surface area contributed by atoms with Gasteiger partial charge in [0.2, 0.25) is 0 Å². The van der Waals surface area contributed by atoms with Gasteiger partial charge >= 0.3 is 0 Å². The molecule has 5 aromatic rings. The van der Waals surface area contributed by atoms with Crippen molar-refractivity contribution in [2.45, 2.75) is 6.42 Å². The van der Waals surface area contributed by atoms with Crippen LogP contribution in [-0.4, -0.2) is 7.11 Å². The largest absolute Gasteiger partial charge is 0.497 e. The fourth-order valence-corrected chi connectivity index (χ4v) is 4.56. The van der Waals surface area contributed by atoms with Gasteiger partial charge in [0.1, 0.15) is 17.3 Å². The number of allylic oxidation sites excluding steroid dienone is 1. The Balaban J connectivity index is 1.56. The standard InChI is InChI=1S/C30H22O2/c1-31-27-15-14-24-18-29(32-28(24)19-27)30(25-12-10-20-6-2-4-8-22(20)16-25)26-13-11-21-7-3-5-9-23(21)17-26/h2-17,19H,18H2,1H3. The summed E-state index contributed by atoms with van der Waals surface area (Å²) in [6.45, 7) is 0. The van der Waals surface area contributed by atoms with Gasteiger partial charge in [-0.05, 0) is 50.9 Å². The zero-order valence-electron chi connectivity index (χ0n) is 17.8. The molecule has 0 aliphatic carbocycles. The molecule has 0 fully saturated rings. The minimum Gasteiger partial charge on any atom is -0.497 e. The molecule has 0 N–H and O–H groups in total. The van der Waals surface area contributed by atoms with Crippen molar-refractivity contribution in [3.8, 4) is 11.5 Å². The van der Waals surface area contributed by atoms with Crippen LogP contribution >= 0.6 is 0 Å². The Hall–Kier alpha value is -4.04. The molecule has 1 aliphatic heterocycles. The number of hydrogen-bond acceptors (Lipinski definition) is 2. The molecule has 1 aliphatic rings. The third-order valence-electron chi connectivity index (χ3n) is 6.21. The van der Waals surface area contributed by atoms with Gasteiger partial charge in [0.25, 0.3) is 0 Å². The number of fused-ring (bicyclic) bond motifs is 3. The van der Waals surface area contributed by atoms with Crippen LogP contribution in [0.2, 0.25) is 0 Å². The van der Waals surface area contributed by atoms with Gasteiger partial charge in [0.05, 0.1) is 7.11 Å². The Morgan fingerprint density at radius 1 is 0.656 bits per heavy atom. The van der Waals surface area contributed by atoms with Crippen LogP contribution < -0.4 is 9.47 Å². The molecule has 1 heterocycles. The quantitative estimate of drug-likeness (QED) is 0.306. The highest BCUT2D eigenvalue weighted by molar-refractivity contribution is 5.93. The topological polar surface area (TPSA) is 18.5 Å². The molecule has 2 nitrogen and oxygen atoms in total. The third-order valence-corrected chi connectivity index (χ3v) is 6.21. The molecular weight excluding hydrogens is 392 g/mol. The van der Waals surface area contributed by atoms with Crippen molar-refractivity contribution in [1.82, 2.24) is 0 Å². The molecule has 0 atom stereocenters. The predicted molar refractivity (Wildman–Crippen MR) is 131 cm³/mol. The summed E-state index contributed by atoms with van der Waals surface area (Å²) in [5.41, 5.74) is 4.64. The molecule has 6 rings (SSSR count). The Kier molecular flexibility index (Phi) is 4.43. The summed E-state index contributed by atoms with van der Waals surface area (Å²) in [6.07, 6.45) is 0.758. The molecule has 0 saturated heterocycles. The van der Waals surface area contributed by atoms with E-state index in [1.807, 2.05) is 12.1 Å². The first-order valence-electron chi connectivity index (χ1n) is 10.8. The maximum absolute atomic E-state index is 6.44. The van der Waals surface area contributed by atoms with Crippen LogP contribution in [0.4, 0.5) is 0 Å². The molecule has 5 aromatic carbocycles. The molecular formula is C30H22O2. The van der Waals surface area contributed by atoms with Gasteiger partial charge in [-0.3, -0.25) is 0 Å². The van der Waals surface area contributed by atoms with E-state index in [2.05, 4.69) is 91.0 Å². The van der Waals surface area contributed by atoms with Crippen LogP contribution in [0.15, 0.2) is 109 Å². The van der Waals surface area contributed by atoms with Crippen LogP contribution in [0, 0.1) is 0 Å². The SMILES string of the molecule is COc1ccc2c(c1)OC(=C(c1ccc3ccccc3c1)c1ccc3ccccc3c1)C2. The Labute approximate surface area is 187 Å². The molecule has 0 amide bonds. The molecule has 0 unspecified atom stereocenters. The Morgan fingerprint density at radius 3 is 1.84 bits per heavy atom. The number of methoxy groups -OCH3 is 1. The lowest BCUT2D eigenvalue weighted by atomic mass is 9.92. The molecule has 0 radical (unpaired) electrons. The number of hydrogen-bond donors (Lipinski definition) is 0. The first-order chi connectivity index (χ1) is 15.8. The highest BCUT2D eigenvalue weighted by Gasteiger charge is 2.23. The molecule has 0 bridgehead atoms. The molecule has 0 aromatic heterocycles. The average molecular weight is 415 g/mol. The van der Waals surface area contributed by atoms with E-state index in [1.54, 1.807) is 7.11 Å². The van der Waals surface area contributed by atoms with Crippen molar-refractivity contribution in [3.05, 3.63) is 126 Å². The van der Waals surface area contributed by atoms with E-state index in [9.17, 15) is 0 Å². The summed E-state index contributed by atoms with van der Waals surface area (Å²) in [5, 5.41) is 4.92. The van der Waals surface area contributed by atoms with Crippen LogP contribution in [-0.2, 0) is 6.42 Å². The monoisotopic (exact) mass is 414 g/mol. The molecule has 154 valence electrons. The van der Waals surface area contributed by atoms with Crippen LogP contribution in [0.1, 0.15) is 16.7 Å². The van der Waals surface area contributed by atoms with Gasteiger partial charge in [0, 0.05) is 23.6 Å². The minimum absolute atomic E-state index is 0.758. The van der Waals surface area contributed by atoms with Crippen LogP contribution in [0.3, 0.4) is 0 Å². The van der Waals surface area contributed by atoms with Crippen molar-refractivity contribution in [2.24, 2.45) is 0 Å². The van der Waals surface area contributed by atoms with E-state index in [0.717, 1.165) is 40.4 Å². The summed E-state index contributed by atoms with van der Waals surface area (Å²) >= 11 is 0. The van der Waals surface area contributed by atoms with Crippen molar-refractivity contribution >= 4 is 27.1 Å². The van der Waals surface area contributed by atoms with E-state index in [1.165, 1.54) is 27.1 Å². The summed E-state index contributed by atoms with van der Waals surface area (Å²) in [6, 6.07) is 36.3. The lowest BCUT2D eigenvalue weighted by molar-refractivity contribution is 0.407. The van der Waals surface area contributed by atoms with E-state index >= 15 is 0 Å². The molecule has 0 spiro atoms. The maximum atomic E-state index is 6.44. The highest BCUT2D eigenvalue weighted by atomic mass is 16.5. The fraction of sp³-hybridized carbons (Fsp3) is 0.0667. The predicted octanol–water partition coefficient (Wildman–Crippen LogP) is 7.40. The van der Waals surface area contributed by atoms with Gasteiger partial charge in [0.15, 0.2) is 0 Å². The number of ether oxygens (including phenoxy) is 2. The average Bonchev–Trinajstić information content (AvgIpc) is 3.26. The second-order valence-electron chi connectivity index (χ2n) is 8.17. The van der Waals surface area contributed by atoms with E-state index in [4.69, 9.17) is 9.47 Å². The fourth-order valence-electron chi connectivity index (χ4n) is 4.56. The minimum atomic E-state index is 0.758. The third kappa shape index (κ3) is 3.21. The summed E-state index contributed by atoms with van der Waals surface area (Å²) in [4.78, 5) is 0. The first-order valence-corrected chi connectivity index (χ1v) is 10.8. The normalized spacial score (nSPS) is 12.6. The summed E-state index contributed by atoms with van der Waals surface area (Å²) in [5.74, 6) is 2.65. The van der Waals surface area contributed by atoms with Gasteiger partial charge in [-0.2, -0.15) is 0 Å². The van der Waals surface area contributed by atoms with Crippen molar-refractivity contribution in [3.63, 3.8) is 0 Å². The van der Waals surface area contributed by atoms with E-state index in [0.29, 0.717) is 0 Å². The van der Waals surface area contributed by atoms with Gasteiger partial charge in [-0.25, -0.2) is 0 Å². The van der Waals surface area contributed by atoms with Crippen LogP contribution in [0.25, 0.3) is 27.1 Å². The second kappa shape index (κ2) is 7.58. The lowest BCUT2D eigenvalue weighted by Crippen LogP contribution is -1.99. The van der Waals surface area contributed by atoms with Gasteiger partial charge in [-0.15, -0.1) is 0 Å². The maximum Gasteiger partial charge on any atom is 0.134 e. The molecule has 2 heteroatoms. The van der Waals surface area contributed by atoms with Crippen molar-refractivity contribution in [1.29, 1.82) is 0 Å². The van der Waals surface area contributed by atoms with Gasteiger partial charge in [-0.1, -0.05) is 78.9 Å². The molecule has 32 heavy (non-hydrogen) atoms. The lowest BCUT2D eigenvalue weighted by Gasteiger charge is -2.14. The van der Waals surface area contributed by atoms with E-state index < -0.39 is 0 Å². The van der Waals surface area contributed by atoms with Crippen molar-refractivity contribution in [2.75, 3.05) is 7.11 Å². The summed E-state index contributed by atoms with van der Waals surface area (Å²) < 4.78 is 11.8. The van der Waals surface area contributed by atoms with Gasteiger partial charge < -0.3 is 9.47 Å². The summed E-state index contributed by atoms with van der Waals surface area (Å²) in [7, 11) is 1.68. The molecule has 0 saturated carbocycles. The first kappa shape index (κ1) is 18.7. The van der Waals surface area contributed by atoms with Crippen molar-refractivity contribution < 1.29 is 9.47 Å². The second-order valence-corrected chi connectivity index (χ2v) is 8.17. The highest BCUT2D eigenvalue weighted by Crippen LogP contribution is 2.40.